The first-order valence-corrected chi connectivity index (χ1v) is 12.8. The Bertz CT molecular complexity index is 1110. The van der Waals surface area contributed by atoms with Crippen LogP contribution in [0.15, 0.2) is 48.0 Å². The van der Waals surface area contributed by atoms with E-state index in [0.29, 0.717) is 35.9 Å². The number of halogens is 1. The minimum atomic E-state index is -0.692. The van der Waals surface area contributed by atoms with Gasteiger partial charge in [-0.05, 0) is 83.7 Å². The van der Waals surface area contributed by atoms with Gasteiger partial charge in [-0.15, -0.1) is 0 Å². The Balaban J connectivity index is 2.10. The molecule has 1 fully saturated rings. The molecule has 1 amide bonds. The number of aliphatic hydroxyl groups is 1. The number of carbonyl (C=O) groups is 2. The van der Waals surface area contributed by atoms with Crippen LogP contribution in [0.5, 0.6) is 5.75 Å². The first-order valence-electron chi connectivity index (χ1n) is 12.4. The van der Waals surface area contributed by atoms with Crippen LogP contribution in [0.2, 0.25) is 5.02 Å². The highest BCUT2D eigenvalue weighted by atomic mass is 35.5. The summed E-state index contributed by atoms with van der Waals surface area (Å²) in [5, 5.41) is 11.7. The zero-order valence-corrected chi connectivity index (χ0v) is 22.5. The van der Waals surface area contributed by atoms with Crippen molar-refractivity contribution >= 4 is 34.7 Å². The van der Waals surface area contributed by atoms with Crippen LogP contribution in [0, 0.1) is 0 Å². The molecule has 1 saturated heterocycles. The number of aliphatic hydroxyl groups excluding tert-OH is 1. The average Bonchev–Trinajstić information content (AvgIpc) is 3.11. The fraction of sp³-hybridized carbons (Fsp3) is 0.429. The van der Waals surface area contributed by atoms with Crippen molar-refractivity contribution in [2.24, 2.45) is 0 Å². The number of benzene rings is 2. The minimum absolute atomic E-state index is 0.0743. The van der Waals surface area contributed by atoms with E-state index in [2.05, 4.69) is 18.7 Å². The second-order valence-corrected chi connectivity index (χ2v) is 9.40. The third-order valence-corrected chi connectivity index (χ3v) is 6.70. The number of hydrogen-bond acceptors (Lipinski definition) is 6. The molecule has 36 heavy (non-hydrogen) atoms. The van der Waals surface area contributed by atoms with Gasteiger partial charge in [-0.25, -0.2) is 0 Å². The van der Waals surface area contributed by atoms with Crippen LogP contribution >= 0.6 is 11.6 Å². The highest BCUT2D eigenvalue weighted by Gasteiger charge is 2.45. The number of hydrogen-bond donors (Lipinski definition) is 1. The summed E-state index contributed by atoms with van der Waals surface area (Å²) >= 11 is 6.23. The van der Waals surface area contributed by atoms with E-state index in [-0.39, 0.29) is 11.3 Å². The average molecular weight is 514 g/mol. The van der Waals surface area contributed by atoms with Gasteiger partial charge in [-0.3, -0.25) is 9.59 Å². The molecule has 0 radical (unpaired) electrons. The third kappa shape index (κ3) is 5.85. The number of carbonyl (C=O) groups excluding carboxylic acids is 2. The number of Topliss-reactive ketones (excluding diaryl/α,β-unsaturated/α-hetero) is 1. The van der Waals surface area contributed by atoms with Crippen molar-refractivity contribution in [1.29, 1.82) is 0 Å². The summed E-state index contributed by atoms with van der Waals surface area (Å²) in [6.45, 7) is 9.34. The predicted molar refractivity (Wildman–Crippen MR) is 145 cm³/mol. The van der Waals surface area contributed by atoms with Gasteiger partial charge in [0.25, 0.3) is 11.7 Å². The van der Waals surface area contributed by atoms with Crippen molar-refractivity contribution in [1.82, 2.24) is 9.80 Å². The van der Waals surface area contributed by atoms with Gasteiger partial charge in [0.15, 0.2) is 0 Å². The maximum atomic E-state index is 13.3. The number of likely N-dealkylation sites (tertiary alicyclic amines) is 1. The molecule has 0 bridgehead atoms. The smallest absolute Gasteiger partial charge is 0.295 e. The molecule has 1 atom stereocenters. The van der Waals surface area contributed by atoms with Crippen LogP contribution in [0.4, 0.5) is 5.69 Å². The zero-order chi connectivity index (χ0) is 26.4. The van der Waals surface area contributed by atoms with Crippen LogP contribution in [-0.4, -0.2) is 73.5 Å². The molecular formula is C28H36ClN3O4. The van der Waals surface area contributed by atoms with Gasteiger partial charge < -0.3 is 24.5 Å². The van der Waals surface area contributed by atoms with Gasteiger partial charge in [-0.1, -0.05) is 23.7 Å². The molecule has 0 saturated carbocycles. The van der Waals surface area contributed by atoms with E-state index in [9.17, 15) is 14.7 Å². The van der Waals surface area contributed by atoms with Gasteiger partial charge >= 0.3 is 0 Å². The Kier molecular flexibility index (Phi) is 9.40. The van der Waals surface area contributed by atoms with E-state index in [1.165, 1.54) is 0 Å². The van der Waals surface area contributed by atoms with Gasteiger partial charge in [-0.2, -0.15) is 0 Å². The Morgan fingerprint density at radius 3 is 2.31 bits per heavy atom. The van der Waals surface area contributed by atoms with Gasteiger partial charge in [0, 0.05) is 30.9 Å². The molecule has 1 aliphatic heterocycles. The van der Waals surface area contributed by atoms with Crippen molar-refractivity contribution in [2.75, 3.05) is 51.8 Å². The van der Waals surface area contributed by atoms with Gasteiger partial charge in [0.1, 0.15) is 11.5 Å². The van der Waals surface area contributed by atoms with Crippen molar-refractivity contribution < 1.29 is 19.4 Å². The lowest BCUT2D eigenvalue weighted by Crippen LogP contribution is -2.32. The van der Waals surface area contributed by atoms with Gasteiger partial charge in [0.2, 0.25) is 0 Å². The summed E-state index contributed by atoms with van der Waals surface area (Å²) in [5.41, 5.74) is 2.28. The first kappa shape index (κ1) is 27.6. The van der Waals surface area contributed by atoms with E-state index in [0.717, 1.165) is 30.9 Å². The summed E-state index contributed by atoms with van der Waals surface area (Å²) in [5.74, 6) is -1.13. The fourth-order valence-electron chi connectivity index (χ4n) is 4.54. The van der Waals surface area contributed by atoms with Crippen molar-refractivity contribution in [3.8, 4) is 5.75 Å². The predicted octanol–water partition coefficient (Wildman–Crippen LogP) is 4.96. The monoisotopic (exact) mass is 513 g/mol. The lowest BCUT2D eigenvalue weighted by atomic mass is 9.95. The van der Waals surface area contributed by atoms with E-state index in [1.54, 1.807) is 23.1 Å². The molecule has 1 aliphatic rings. The van der Waals surface area contributed by atoms with E-state index in [4.69, 9.17) is 16.3 Å². The summed E-state index contributed by atoms with van der Waals surface area (Å²) in [7, 11) is 3.93. The van der Waals surface area contributed by atoms with E-state index in [1.807, 2.05) is 50.2 Å². The van der Waals surface area contributed by atoms with Gasteiger partial charge in [0.05, 0.1) is 23.2 Å². The molecule has 7 nitrogen and oxygen atoms in total. The highest BCUT2D eigenvalue weighted by Crippen LogP contribution is 2.41. The molecule has 1 N–H and O–H groups in total. The zero-order valence-electron chi connectivity index (χ0n) is 21.8. The van der Waals surface area contributed by atoms with Crippen LogP contribution < -0.4 is 9.64 Å². The molecule has 194 valence electrons. The molecule has 2 aromatic carbocycles. The second kappa shape index (κ2) is 12.3. The van der Waals surface area contributed by atoms with Crippen LogP contribution in [-0.2, 0) is 9.59 Å². The molecule has 1 unspecified atom stereocenters. The normalized spacial score (nSPS) is 17.2. The highest BCUT2D eigenvalue weighted by molar-refractivity contribution is 6.46. The molecule has 3 rings (SSSR count). The van der Waals surface area contributed by atoms with Crippen molar-refractivity contribution in [2.45, 2.75) is 33.2 Å². The molecule has 8 heteroatoms. The number of anilines is 1. The maximum absolute atomic E-state index is 13.3. The SMILES string of the molecule is CCOc1cc(/C(O)=C2/C(=O)C(=O)N(CCCN(C)C)C2c2ccc(N(CC)CC)cc2)ccc1Cl. The largest absolute Gasteiger partial charge is 0.507 e. The molecule has 0 aliphatic carbocycles. The summed E-state index contributed by atoms with van der Waals surface area (Å²) in [6, 6.07) is 12.0. The molecular weight excluding hydrogens is 478 g/mol. The standard InChI is InChI=1S/C28H36ClN3O4/c1-6-31(7-2)21-13-10-19(11-14-21)25-24(27(34)28(35)32(25)17-9-16-30(4)5)26(33)20-12-15-22(29)23(18-20)36-8-3/h10-15,18,25,33H,6-9,16-17H2,1-5H3/b26-24-. The molecule has 1 heterocycles. The Labute approximate surface area is 218 Å². The molecule has 2 aromatic rings. The van der Waals surface area contributed by atoms with E-state index >= 15 is 0 Å². The number of ketones is 1. The number of ether oxygens (including phenoxy) is 1. The maximum Gasteiger partial charge on any atom is 0.295 e. The first-order chi connectivity index (χ1) is 17.2. The van der Waals surface area contributed by atoms with Crippen LogP contribution in [0.25, 0.3) is 5.76 Å². The summed E-state index contributed by atoms with van der Waals surface area (Å²) in [6.07, 6.45) is 0.698. The Morgan fingerprint density at radius 2 is 1.72 bits per heavy atom. The fourth-order valence-corrected chi connectivity index (χ4v) is 4.72. The Morgan fingerprint density at radius 1 is 1.06 bits per heavy atom. The lowest BCUT2D eigenvalue weighted by molar-refractivity contribution is -0.139. The molecule has 0 spiro atoms. The number of rotatable bonds is 11. The summed E-state index contributed by atoms with van der Waals surface area (Å²) in [4.78, 5) is 32.3. The quantitative estimate of drug-likeness (QED) is 0.260. The topological polar surface area (TPSA) is 73.3 Å². The van der Waals surface area contributed by atoms with Crippen LogP contribution in [0.3, 0.4) is 0 Å². The summed E-state index contributed by atoms with van der Waals surface area (Å²) < 4.78 is 5.57. The second-order valence-electron chi connectivity index (χ2n) is 8.99. The number of nitrogens with zero attached hydrogens (tertiary/aromatic N) is 3. The third-order valence-electron chi connectivity index (χ3n) is 6.39. The Hall–Kier alpha value is -3.03. The number of amides is 1. The van der Waals surface area contributed by atoms with Crippen molar-refractivity contribution in [3.05, 3.63) is 64.2 Å². The lowest BCUT2D eigenvalue weighted by Gasteiger charge is -2.27. The van der Waals surface area contributed by atoms with E-state index < -0.39 is 17.7 Å². The van der Waals surface area contributed by atoms with Crippen LogP contribution in [0.1, 0.15) is 44.4 Å². The van der Waals surface area contributed by atoms with Crippen molar-refractivity contribution in [3.63, 3.8) is 0 Å². The minimum Gasteiger partial charge on any atom is -0.507 e. The molecule has 0 aromatic heterocycles.